The van der Waals surface area contributed by atoms with Gasteiger partial charge >= 0.3 is 5.97 Å². The normalized spacial score (nSPS) is 12.4. The number of benzene rings is 2. The Balaban J connectivity index is 1.82. The van der Waals surface area contributed by atoms with Crippen molar-refractivity contribution in [3.8, 4) is 5.75 Å². The highest BCUT2D eigenvalue weighted by atomic mass is 32.2. The van der Waals surface area contributed by atoms with Gasteiger partial charge < -0.3 is 14.6 Å². The molecule has 128 valence electrons. The first kappa shape index (κ1) is 17.9. The second-order valence-corrected chi connectivity index (χ2v) is 6.30. The van der Waals surface area contributed by atoms with Crippen LogP contribution in [0.1, 0.15) is 10.4 Å². The molecule has 2 N–H and O–H groups in total. The number of hydrogen-bond acceptors (Lipinski definition) is 6. The smallest absolute Gasteiger partial charge is 0.338 e. The van der Waals surface area contributed by atoms with E-state index in [1.807, 2.05) is 6.07 Å². The summed E-state index contributed by atoms with van der Waals surface area (Å²) >= 11 is 0. The molecule has 8 heteroatoms. The van der Waals surface area contributed by atoms with Gasteiger partial charge in [-0.1, -0.05) is 18.2 Å². The first-order valence-electron chi connectivity index (χ1n) is 6.97. The quantitative estimate of drug-likeness (QED) is 0.574. The largest absolute Gasteiger partial charge is 0.491 e. The van der Waals surface area contributed by atoms with Gasteiger partial charge in [0.15, 0.2) is 0 Å². The molecule has 2 aromatic rings. The van der Waals surface area contributed by atoms with Gasteiger partial charge in [0.05, 0.1) is 10.5 Å². The second-order valence-electron chi connectivity index (χ2n) is 4.88. The molecular formula is C16H16O7S. The third-order valence-electron chi connectivity index (χ3n) is 2.98. The van der Waals surface area contributed by atoms with Crippen molar-refractivity contribution in [3.05, 3.63) is 60.2 Å². The highest BCUT2D eigenvalue weighted by Gasteiger charge is 2.14. The number of hydrogen-bond donors (Lipinski definition) is 2. The minimum absolute atomic E-state index is 0.0427. The fourth-order valence-electron chi connectivity index (χ4n) is 1.78. The molecule has 1 atom stereocenters. The average Bonchev–Trinajstić information content (AvgIpc) is 2.58. The molecule has 0 spiro atoms. The summed E-state index contributed by atoms with van der Waals surface area (Å²) in [5.41, 5.74) is 0.0959. The van der Waals surface area contributed by atoms with Crippen LogP contribution in [0.4, 0.5) is 0 Å². The van der Waals surface area contributed by atoms with Gasteiger partial charge in [-0.2, -0.15) is 8.42 Å². The SMILES string of the molecule is O=C(OCC(O)COc1ccccc1)c1ccc(S(=O)(=O)O)cc1. The highest BCUT2D eigenvalue weighted by Crippen LogP contribution is 2.12. The number of aliphatic hydroxyl groups is 1. The van der Waals surface area contributed by atoms with Crippen LogP contribution in [-0.4, -0.2) is 43.4 Å². The highest BCUT2D eigenvalue weighted by molar-refractivity contribution is 7.85. The van der Waals surface area contributed by atoms with Gasteiger partial charge in [0.1, 0.15) is 25.1 Å². The van der Waals surface area contributed by atoms with Gasteiger partial charge in [0, 0.05) is 0 Å². The van der Waals surface area contributed by atoms with Crippen molar-refractivity contribution in [1.82, 2.24) is 0 Å². The van der Waals surface area contributed by atoms with E-state index in [1.54, 1.807) is 24.3 Å². The van der Waals surface area contributed by atoms with Crippen molar-refractivity contribution in [2.24, 2.45) is 0 Å². The van der Waals surface area contributed by atoms with Gasteiger partial charge in [0.2, 0.25) is 0 Å². The average molecular weight is 352 g/mol. The number of rotatable bonds is 7. The topological polar surface area (TPSA) is 110 Å². The van der Waals surface area contributed by atoms with E-state index in [0.29, 0.717) is 5.75 Å². The van der Waals surface area contributed by atoms with Crippen LogP contribution in [-0.2, 0) is 14.9 Å². The van der Waals surface area contributed by atoms with Crippen LogP contribution in [0, 0.1) is 0 Å². The van der Waals surface area contributed by atoms with Gasteiger partial charge in [-0.25, -0.2) is 4.79 Å². The van der Waals surface area contributed by atoms with Crippen molar-refractivity contribution >= 4 is 16.1 Å². The van der Waals surface area contributed by atoms with Gasteiger partial charge in [-0.05, 0) is 36.4 Å². The Morgan fingerprint density at radius 2 is 1.62 bits per heavy atom. The lowest BCUT2D eigenvalue weighted by atomic mass is 10.2. The van der Waals surface area contributed by atoms with E-state index in [4.69, 9.17) is 14.0 Å². The molecule has 1 unspecified atom stereocenters. The number of esters is 1. The van der Waals surface area contributed by atoms with Gasteiger partial charge in [0.25, 0.3) is 10.1 Å². The molecule has 0 aliphatic carbocycles. The zero-order valence-electron chi connectivity index (χ0n) is 12.5. The van der Waals surface area contributed by atoms with Crippen LogP contribution in [0.2, 0.25) is 0 Å². The Hall–Kier alpha value is -2.42. The maximum absolute atomic E-state index is 11.8. The zero-order valence-corrected chi connectivity index (χ0v) is 13.3. The Bertz CT molecular complexity index is 770. The molecule has 7 nitrogen and oxygen atoms in total. The summed E-state index contributed by atoms with van der Waals surface area (Å²) in [6.07, 6.45) is -1.01. The molecule has 2 rings (SSSR count). The minimum Gasteiger partial charge on any atom is -0.491 e. The van der Waals surface area contributed by atoms with E-state index in [-0.39, 0.29) is 23.7 Å². The van der Waals surface area contributed by atoms with E-state index >= 15 is 0 Å². The molecule has 0 bridgehead atoms. The van der Waals surface area contributed by atoms with E-state index in [0.717, 1.165) is 12.1 Å². The summed E-state index contributed by atoms with van der Waals surface area (Å²) in [5, 5.41) is 9.74. The molecule has 24 heavy (non-hydrogen) atoms. The molecule has 0 radical (unpaired) electrons. The molecule has 0 saturated carbocycles. The Morgan fingerprint density at radius 1 is 1.00 bits per heavy atom. The summed E-state index contributed by atoms with van der Waals surface area (Å²) in [5.74, 6) is -0.140. The van der Waals surface area contributed by atoms with Crippen molar-refractivity contribution in [1.29, 1.82) is 0 Å². The van der Waals surface area contributed by atoms with Crippen LogP contribution in [0.5, 0.6) is 5.75 Å². The van der Waals surface area contributed by atoms with Gasteiger partial charge in [-0.15, -0.1) is 0 Å². The monoisotopic (exact) mass is 352 g/mol. The second kappa shape index (κ2) is 7.91. The maximum Gasteiger partial charge on any atom is 0.338 e. The minimum atomic E-state index is -4.31. The van der Waals surface area contributed by atoms with E-state index in [9.17, 15) is 18.3 Å². The van der Waals surface area contributed by atoms with E-state index in [2.05, 4.69) is 0 Å². The fourth-order valence-corrected chi connectivity index (χ4v) is 2.26. The molecular weight excluding hydrogens is 336 g/mol. The van der Waals surface area contributed by atoms with Crippen molar-refractivity contribution in [2.45, 2.75) is 11.0 Å². The lowest BCUT2D eigenvalue weighted by molar-refractivity contribution is 0.0130. The first-order chi connectivity index (χ1) is 11.4. The standard InChI is InChI=1S/C16H16O7S/c17-13(10-22-14-4-2-1-3-5-14)11-23-16(18)12-6-8-15(9-7-12)24(19,20)21/h1-9,13,17H,10-11H2,(H,19,20,21). The third-order valence-corrected chi connectivity index (χ3v) is 3.85. The number of carbonyl (C=O) groups excluding carboxylic acids is 1. The lowest BCUT2D eigenvalue weighted by Gasteiger charge is -2.12. The zero-order chi connectivity index (χ0) is 17.6. The summed E-state index contributed by atoms with van der Waals surface area (Å²) in [7, 11) is -4.31. The predicted molar refractivity (Wildman–Crippen MR) is 84.5 cm³/mol. The molecule has 0 aliphatic heterocycles. The Kier molecular flexibility index (Phi) is 5.91. The number of carbonyl (C=O) groups is 1. The summed E-state index contributed by atoms with van der Waals surface area (Å²) < 4.78 is 40.9. The van der Waals surface area contributed by atoms with Crippen LogP contribution < -0.4 is 4.74 Å². The van der Waals surface area contributed by atoms with E-state index in [1.165, 1.54) is 12.1 Å². The van der Waals surface area contributed by atoms with E-state index < -0.39 is 22.2 Å². The molecule has 0 aromatic heterocycles. The Labute approximate surface area is 139 Å². The van der Waals surface area contributed by atoms with Crippen molar-refractivity contribution < 1.29 is 32.3 Å². The summed E-state index contributed by atoms with van der Waals surface area (Å²) in [6.45, 7) is -0.315. The van der Waals surface area contributed by atoms with Crippen molar-refractivity contribution in [3.63, 3.8) is 0 Å². The predicted octanol–water partition coefficient (Wildman–Crippen LogP) is 1.53. The Morgan fingerprint density at radius 3 is 2.21 bits per heavy atom. The van der Waals surface area contributed by atoms with Gasteiger partial charge in [-0.3, -0.25) is 4.55 Å². The molecule has 0 heterocycles. The van der Waals surface area contributed by atoms with Crippen molar-refractivity contribution in [2.75, 3.05) is 13.2 Å². The van der Waals surface area contributed by atoms with Crippen LogP contribution in [0.3, 0.4) is 0 Å². The number of aliphatic hydroxyl groups excluding tert-OH is 1. The van der Waals surface area contributed by atoms with Crippen LogP contribution >= 0.6 is 0 Å². The molecule has 0 aliphatic rings. The third kappa shape index (κ3) is 5.34. The van der Waals surface area contributed by atoms with Crippen LogP contribution in [0.25, 0.3) is 0 Å². The number of para-hydroxylation sites is 1. The first-order valence-corrected chi connectivity index (χ1v) is 8.41. The maximum atomic E-state index is 11.8. The summed E-state index contributed by atoms with van der Waals surface area (Å²) in [6, 6.07) is 13.5. The fraction of sp³-hybridized carbons (Fsp3) is 0.188. The number of ether oxygens (including phenoxy) is 2. The molecule has 2 aromatic carbocycles. The molecule has 0 saturated heterocycles. The molecule has 0 fully saturated rings. The lowest BCUT2D eigenvalue weighted by Crippen LogP contribution is -2.25. The molecule has 0 amide bonds. The summed E-state index contributed by atoms with van der Waals surface area (Å²) in [4.78, 5) is 11.5. The van der Waals surface area contributed by atoms with Crippen LogP contribution in [0.15, 0.2) is 59.5 Å².